The molecule has 4 aromatic carbocycles. The summed E-state index contributed by atoms with van der Waals surface area (Å²) in [6.45, 7) is 3.46. The van der Waals surface area contributed by atoms with Crippen molar-refractivity contribution in [3.8, 4) is 0 Å². The molecule has 0 fully saturated rings. The zero-order chi connectivity index (χ0) is 30.3. The minimum atomic E-state index is -0.837. The van der Waals surface area contributed by atoms with Gasteiger partial charge in [0.25, 0.3) is 0 Å². The molecule has 1 aliphatic rings. The van der Waals surface area contributed by atoms with E-state index in [9.17, 15) is 9.59 Å². The third-order valence-corrected chi connectivity index (χ3v) is 9.00. The van der Waals surface area contributed by atoms with E-state index in [4.69, 9.17) is 9.72 Å². The lowest BCUT2D eigenvalue weighted by Crippen LogP contribution is -2.37. The first-order valence-corrected chi connectivity index (χ1v) is 15.0. The van der Waals surface area contributed by atoms with E-state index < -0.39 is 23.5 Å². The van der Waals surface area contributed by atoms with Crippen LogP contribution >= 0.6 is 0 Å². The first-order valence-electron chi connectivity index (χ1n) is 15.0. The zero-order valence-corrected chi connectivity index (χ0v) is 24.8. The molecule has 2 atom stereocenters. The Balaban J connectivity index is 1.39. The highest BCUT2D eigenvalue weighted by Crippen LogP contribution is 2.43. The van der Waals surface area contributed by atoms with Gasteiger partial charge in [0.15, 0.2) is 6.10 Å². The molecule has 3 heterocycles. The highest BCUT2D eigenvalue weighted by molar-refractivity contribution is 5.98. The summed E-state index contributed by atoms with van der Waals surface area (Å²) >= 11 is 0. The Hall–Kier alpha value is -5.23. The van der Waals surface area contributed by atoms with Gasteiger partial charge in [-0.2, -0.15) is 0 Å². The fourth-order valence-corrected chi connectivity index (χ4v) is 7.05. The molecule has 44 heavy (non-hydrogen) atoms. The maximum atomic E-state index is 14.2. The number of nitrogens with zero attached hydrogens (tertiary/aromatic N) is 3. The van der Waals surface area contributed by atoms with Gasteiger partial charge < -0.3 is 9.30 Å². The largest absolute Gasteiger partial charge is 0.455 e. The van der Waals surface area contributed by atoms with Crippen LogP contribution in [0.15, 0.2) is 128 Å². The lowest BCUT2D eigenvalue weighted by Gasteiger charge is -2.37. The number of rotatable bonds is 7. The van der Waals surface area contributed by atoms with E-state index in [2.05, 4.69) is 54.0 Å². The van der Waals surface area contributed by atoms with Gasteiger partial charge in [-0.1, -0.05) is 109 Å². The summed E-state index contributed by atoms with van der Waals surface area (Å²) < 4.78 is 9.89. The molecule has 0 saturated carbocycles. The summed E-state index contributed by atoms with van der Waals surface area (Å²) in [7, 11) is 0. The standard InChI is InChI=1S/C38H33N3O3/c1-26-31-20-12-13-21-35(31)41-34(26)23-22-32(37(41)43)36(44-27(2)42)33-24-40(25-39-33)38(28-14-6-3-7-15-28,29-16-8-4-9-17-29)30-18-10-5-11-19-30/h3-21,24-25,32,36H,22-23H2,1-2H3. The average molecular weight is 580 g/mol. The average Bonchev–Trinajstić information content (AvgIpc) is 3.66. The molecule has 0 saturated heterocycles. The summed E-state index contributed by atoms with van der Waals surface area (Å²) in [5, 5.41) is 1.07. The van der Waals surface area contributed by atoms with E-state index in [0.29, 0.717) is 18.5 Å². The van der Waals surface area contributed by atoms with E-state index in [-0.39, 0.29) is 5.91 Å². The second-order valence-corrected chi connectivity index (χ2v) is 11.5. The van der Waals surface area contributed by atoms with Crippen LogP contribution in [-0.4, -0.2) is 26.0 Å². The van der Waals surface area contributed by atoms with Crippen LogP contribution < -0.4 is 0 Å². The number of benzene rings is 4. The number of hydrogen-bond acceptors (Lipinski definition) is 4. The van der Waals surface area contributed by atoms with Crippen molar-refractivity contribution >= 4 is 22.8 Å². The molecular weight excluding hydrogens is 546 g/mol. The van der Waals surface area contributed by atoms with Gasteiger partial charge in [0.05, 0.1) is 23.5 Å². The van der Waals surface area contributed by atoms with E-state index in [1.165, 1.54) is 6.92 Å². The lowest BCUT2D eigenvalue weighted by atomic mass is 9.76. The smallest absolute Gasteiger partial charge is 0.303 e. The fourth-order valence-electron chi connectivity index (χ4n) is 7.05. The maximum Gasteiger partial charge on any atom is 0.303 e. The van der Waals surface area contributed by atoms with Crippen LogP contribution in [0.4, 0.5) is 0 Å². The van der Waals surface area contributed by atoms with Crippen molar-refractivity contribution in [1.82, 2.24) is 14.1 Å². The first kappa shape index (κ1) is 27.6. The molecule has 2 unspecified atom stereocenters. The summed E-state index contributed by atoms with van der Waals surface area (Å²) in [5.74, 6) is -1.10. The van der Waals surface area contributed by atoms with Crippen LogP contribution in [0.2, 0.25) is 0 Å². The van der Waals surface area contributed by atoms with Crippen LogP contribution in [0.1, 0.15) is 57.9 Å². The molecule has 6 aromatic rings. The Morgan fingerprint density at radius 2 is 1.39 bits per heavy atom. The Kier molecular flexibility index (Phi) is 6.97. The Labute approximate surface area is 256 Å². The number of fused-ring (bicyclic) bond motifs is 3. The van der Waals surface area contributed by atoms with Crippen LogP contribution in [0.5, 0.6) is 0 Å². The number of carbonyl (C=O) groups is 2. The molecule has 6 nitrogen and oxygen atoms in total. The molecule has 0 aliphatic carbocycles. The highest BCUT2D eigenvalue weighted by atomic mass is 16.5. The van der Waals surface area contributed by atoms with Crippen molar-refractivity contribution in [1.29, 1.82) is 0 Å². The second kappa shape index (κ2) is 11.1. The minimum absolute atomic E-state index is 0.0724. The minimum Gasteiger partial charge on any atom is -0.455 e. The second-order valence-electron chi connectivity index (χ2n) is 11.5. The van der Waals surface area contributed by atoms with Crippen molar-refractivity contribution in [2.45, 2.75) is 38.3 Å². The molecule has 0 amide bonds. The molecule has 7 rings (SSSR count). The molecule has 0 spiro atoms. The molecule has 2 aromatic heterocycles. The summed E-state index contributed by atoms with van der Waals surface area (Å²) in [5.41, 5.74) is 5.97. The van der Waals surface area contributed by atoms with Crippen LogP contribution in [0.3, 0.4) is 0 Å². The van der Waals surface area contributed by atoms with Crippen LogP contribution in [0.25, 0.3) is 10.9 Å². The quantitative estimate of drug-likeness (QED) is 0.145. The predicted molar refractivity (Wildman–Crippen MR) is 170 cm³/mol. The van der Waals surface area contributed by atoms with E-state index in [1.807, 2.05) is 83.6 Å². The molecule has 6 heteroatoms. The van der Waals surface area contributed by atoms with E-state index >= 15 is 0 Å². The molecule has 1 aliphatic heterocycles. The van der Waals surface area contributed by atoms with Gasteiger partial charge in [0.2, 0.25) is 5.91 Å². The predicted octanol–water partition coefficient (Wildman–Crippen LogP) is 7.49. The van der Waals surface area contributed by atoms with Gasteiger partial charge in [-0.15, -0.1) is 0 Å². The Morgan fingerprint density at radius 3 is 1.95 bits per heavy atom. The maximum absolute atomic E-state index is 14.2. The lowest BCUT2D eigenvalue weighted by molar-refractivity contribution is -0.149. The van der Waals surface area contributed by atoms with Crippen molar-refractivity contribution in [3.05, 3.63) is 161 Å². The first-order chi connectivity index (χ1) is 21.5. The number of para-hydroxylation sites is 1. The van der Waals surface area contributed by atoms with Crippen LogP contribution in [0, 0.1) is 12.8 Å². The van der Waals surface area contributed by atoms with Crippen molar-refractivity contribution in [3.63, 3.8) is 0 Å². The van der Waals surface area contributed by atoms with Gasteiger partial charge in [-0.05, 0) is 48.1 Å². The van der Waals surface area contributed by atoms with Gasteiger partial charge in [-0.25, -0.2) is 4.98 Å². The molecular formula is C38H33N3O3. The normalized spacial score (nSPS) is 15.6. The summed E-state index contributed by atoms with van der Waals surface area (Å²) in [6, 6.07) is 39.0. The topological polar surface area (TPSA) is 66.1 Å². The number of esters is 1. The zero-order valence-electron chi connectivity index (χ0n) is 24.8. The van der Waals surface area contributed by atoms with Gasteiger partial charge in [0.1, 0.15) is 5.54 Å². The van der Waals surface area contributed by atoms with Gasteiger partial charge in [-0.3, -0.25) is 14.2 Å². The Bertz CT molecular complexity index is 1860. The highest BCUT2D eigenvalue weighted by Gasteiger charge is 2.42. The van der Waals surface area contributed by atoms with Gasteiger partial charge >= 0.3 is 5.97 Å². The third-order valence-electron chi connectivity index (χ3n) is 9.00. The molecule has 0 N–H and O–H groups in total. The fraction of sp³-hybridized carbons (Fsp3) is 0.184. The number of hydrogen-bond donors (Lipinski definition) is 0. The number of aryl methyl sites for hydroxylation is 1. The molecule has 218 valence electrons. The van der Waals surface area contributed by atoms with Crippen LogP contribution in [-0.2, 0) is 21.5 Å². The monoisotopic (exact) mass is 579 g/mol. The Morgan fingerprint density at radius 1 is 0.841 bits per heavy atom. The number of imidazole rings is 1. The SMILES string of the molecule is CC(=O)OC(c1cn(C(c2ccccc2)(c2ccccc2)c2ccccc2)cn1)C1CCc2c(C)c3ccccc3n2C1=O. The van der Waals surface area contributed by atoms with Crippen molar-refractivity contribution in [2.24, 2.45) is 5.92 Å². The third kappa shape index (κ3) is 4.37. The molecule has 0 radical (unpaired) electrons. The van der Waals surface area contributed by atoms with E-state index in [1.54, 1.807) is 6.33 Å². The number of carbonyl (C=O) groups excluding carboxylic acids is 2. The molecule has 0 bridgehead atoms. The number of ether oxygens (including phenoxy) is 1. The number of aromatic nitrogens is 3. The van der Waals surface area contributed by atoms with Gasteiger partial charge in [0, 0.05) is 24.2 Å². The summed E-state index contributed by atoms with van der Waals surface area (Å²) in [6.07, 6.45) is 4.17. The van der Waals surface area contributed by atoms with Crippen molar-refractivity contribution in [2.75, 3.05) is 0 Å². The van der Waals surface area contributed by atoms with E-state index in [0.717, 1.165) is 38.9 Å². The summed E-state index contributed by atoms with van der Waals surface area (Å²) in [4.78, 5) is 31.6. The van der Waals surface area contributed by atoms with Crippen molar-refractivity contribution < 1.29 is 14.3 Å².